The van der Waals surface area contributed by atoms with Gasteiger partial charge in [-0.25, -0.2) is 9.97 Å². The minimum absolute atomic E-state index is 0.0166. The Labute approximate surface area is 189 Å². The number of methoxy groups -OCH3 is 1. The highest BCUT2D eigenvalue weighted by Crippen LogP contribution is 2.48. The number of hydrogen-bond acceptors (Lipinski definition) is 8. The number of aromatic nitrogens is 4. The maximum absolute atomic E-state index is 8.84. The van der Waals surface area contributed by atoms with Gasteiger partial charge in [0.05, 0.1) is 37.4 Å². The topological polar surface area (TPSA) is 135 Å². The molecule has 9 nitrogen and oxygen atoms in total. The zero-order chi connectivity index (χ0) is 22.1. The van der Waals surface area contributed by atoms with Gasteiger partial charge in [-0.15, -0.1) is 0 Å². The molecule has 2 aromatic heterocycles. The fraction of sp³-hybridized carbons (Fsp3) is 0.400. The summed E-state index contributed by atoms with van der Waals surface area (Å²) in [5.74, 6) is 2.05. The van der Waals surface area contributed by atoms with E-state index >= 15 is 0 Å². The maximum atomic E-state index is 8.84. The lowest BCUT2D eigenvalue weighted by Crippen LogP contribution is -2.25. The van der Waals surface area contributed by atoms with E-state index in [1.807, 2.05) is 6.07 Å². The third-order valence-electron chi connectivity index (χ3n) is 5.30. The molecular weight excluding hydrogens is 441 g/mol. The molecule has 1 fully saturated rings. The van der Waals surface area contributed by atoms with E-state index in [0.717, 1.165) is 12.8 Å². The van der Waals surface area contributed by atoms with Gasteiger partial charge in [0.25, 0.3) is 0 Å². The Hall–Kier alpha value is -2.80. The number of aromatic amines is 1. The number of hydrogen-bond donors (Lipinski definition) is 3. The number of nitrogens with two attached hydrogens (primary N) is 1. The molecule has 0 amide bonds. The minimum atomic E-state index is -1.15. The van der Waals surface area contributed by atoms with Crippen molar-refractivity contribution < 1.29 is 9.47 Å². The predicted octanol–water partition coefficient (Wildman–Crippen LogP) is 3.39. The summed E-state index contributed by atoms with van der Waals surface area (Å²) in [5.41, 5.74) is 7.50. The number of ether oxygens (including phenoxy) is 2. The van der Waals surface area contributed by atoms with E-state index in [-0.39, 0.29) is 17.5 Å². The van der Waals surface area contributed by atoms with E-state index in [1.165, 1.54) is 12.4 Å². The summed E-state index contributed by atoms with van der Waals surface area (Å²) in [7, 11) is 1.54. The van der Waals surface area contributed by atoms with E-state index in [0.29, 0.717) is 47.6 Å². The van der Waals surface area contributed by atoms with Gasteiger partial charge in [-0.2, -0.15) is 10.4 Å². The molecule has 2 aliphatic rings. The zero-order valence-electron chi connectivity index (χ0n) is 16.8. The number of nitrogens with one attached hydrogen (secondary N) is 2. The van der Waals surface area contributed by atoms with Crippen LogP contribution in [0.2, 0.25) is 0 Å². The Morgan fingerprint density at radius 3 is 2.71 bits per heavy atom. The average Bonchev–Trinajstić information content (AvgIpc) is 3.42. The first-order chi connectivity index (χ1) is 14.9. The van der Waals surface area contributed by atoms with Crippen molar-refractivity contribution in [2.24, 2.45) is 11.1 Å². The van der Waals surface area contributed by atoms with Crippen LogP contribution >= 0.6 is 23.2 Å². The van der Waals surface area contributed by atoms with Gasteiger partial charge in [0, 0.05) is 24.4 Å². The molecule has 0 bridgehead atoms. The highest BCUT2D eigenvalue weighted by Gasteiger charge is 2.43. The van der Waals surface area contributed by atoms with Gasteiger partial charge in [-0.3, -0.25) is 5.10 Å². The lowest BCUT2D eigenvalue weighted by Gasteiger charge is -2.28. The molecule has 162 valence electrons. The van der Waals surface area contributed by atoms with Crippen LogP contribution in [0.1, 0.15) is 30.7 Å². The molecule has 11 heteroatoms. The van der Waals surface area contributed by atoms with Gasteiger partial charge in [0.15, 0.2) is 11.5 Å². The summed E-state index contributed by atoms with van der Waals surface area (Å²) in [5, 5.41) is 19.1. The summed E-state index contributed by atoms with van der Waals surface area (Å²) in [6, 6.07) is 3.71. The largest absolute Gasteiger partial charge is 0.496 e. The average molecular weight is 462 g/mol. The smallest absolute Gasteiger partial charge is 0.158 e. The van der Waals surface area contributed by atoms with Gasteiger partial charge < -0.3 is 20.5 Å². The van der Waals surface area contributed by atoms with Crippen molar-refractivity contribution in [3.63, 3.8) is 0 Å². The fourth-order valence-electron chi connectivity index (χ4n) is 3.24. The van der Waals surface area contributed by atoms with Crippen LogP contribution < -0.4 is 11.1 Å². The molecule has 4 N–H and O–H groups in total. The second kappa shape index (κ2) is 8.38. The highest BCUT2D eigenvalue weighted by atomic mass is 35.5. The molecule has 0 aromatic carbocycles. The highest BCUT2D eigenvalue weighted by molar-refractivity contribution is 6.50. The minimum Gasteiger partial charge on any atom is -0.496 e. The molecule has 0 unspecified atom stereocenters. The number of rotatable bonds is 8. The first kappa shape index (κ1) is 21.4. The number of halogens is 2. The Bertz CT molecular complexity index is 1070. The Balaban J connectivity index is 1.61. The molecule has 0 aliphatic heterocycles. The van der Waals surface area contributed by atoms with Crippen LogP contribution in [0.4, 0.5) is 11.6 Å². The SMILES string of the molecule is COC1=CC(Cl)(Cl)CC(OCC2(CN)CC2)=C1c1cc(Nc2cnc(C#N)cn2)n[nH]1. The van der Waals surface area contributed by atoms with Crippen LogP contribution in [-0.4, -0.2) is 44.8 Å². The normalized spacial score (nSPS) is 18.7. The van der Waals surface area contributed by atoms with Gasteiger partial charge in [0.2, 0.25) is 0 Å². The standard InChI is InChI=1S/C20H21Cl2N7O2/c1-30-14-5-20(21,22)6-15(31-11-19(10-24)2-3-19)18(14)13-4-16(29-28-13)27-17-9-25-12(7-23)8-26-17/h4-5,8-9H,2-3,6,10-11,24H2,1H3,(H2,26,27,28,29). The van der Waals surface area contributed by atoms with Gasteiger partial charge >= 0.3 is 0 Å². The molecule has 0 radical (unpaired) electrons. The number of alkyl halides is 2. The molecule has 0 atom stereocenters. The maximum Gasteiger partial charge on any atom is 0.158 e. The van der Waals surface area contributed by atoms with Crippen molar-refractivity contribution in [2.45, 2.75) is 23.6 Å². The lowest BCUT2D eigenvalue weighted by atomic mass is 9.99. The van der Waals surface area contributed by atoms with Crippen LogP contribution in [-0.2, 0) is 9.47 Å². The van der Waals surface area contributed by atoms with Crippen molar-refractivity contribution in [3.8, 4) is 6.07 Å². The molecule has 31 heavy (non-hydrogen) atoms. The predicted molar refractivity (Wildman–Crippen MR) is 116 cm³/mol. The van der Waals surface area contributed by atoms with Crippen molar-refractivity contribution in [1.29, 1.82) is 5.26 Å². The molecule has 2 heterocycles. The third-order valence-corrected chi connectivity index (χ3v) is 5.78. The fourth-order valence-corrected chi connectivity index (χ4v) is 3.68. The van der Waals surface area contributed by atoms with Crippen LogP contribution in [0.5, 0.6) is 0 Å². The zero-order valence-corrected chi connectivity index (χ0v) is 18.3. The molecule has 2 aromatic rings. The molecule has 0 spiro atoms. The van der Waals surface area contributed by atoms with Crippen LogP contribution in [0, 0.1) is 16.7 Å². The van der Waals surface area contributed by atoms with E-state index in [1.54, 1.807) is 19.3 Å². The van der Waals surface area contributed by atoms with E-state index in [4.69, 9.17) is 43.7 Å². The van der Waals surface area contributed by atoms with Crippen LogP contribution in [0.15, 0.2) is 36.1 Å². The number of nitriles is 1. The molecule has 4 rings (SSSR count). The van der Waals surface area contributed by atoms with Gasteiger partial charge in [0.1, 0.15) is 27.7 Å². The van der Waals surface area contributed by atoms with Crippen LogP contribution in [0.3, 0.4) is 0 Å². The van der Waals surface area contributed by atoms with E-state index < -0.39 is 4.33 Å². The molecule has 2 aliphatic carbocycles. The summed E-state index contributed by atoms with van der Waals surface area (Å²) in [4.78, 5) is 8.12. The Morgan fingerprint density at radius 1 is 1.29 bits per heavy atom. The van der Waals surface area contributed by atoms with E-state index in [9.17, 15) is 0 Å². The second-order valence-corrected chi connectivity index (χ2v) is 9.17. The van der Waals surface area contributed by atoms with Crippen molar-refractivity contribution >= 4 is 40.4 Å². The van der Waals surface area contributed by atoms with Crippen LogP contribution in [0.25, 0.3) is 5.57 Å². The first-order valence-corrected chi connectivity index (χ1v) is 10.4. The summed E-state index contributed by atoms with van der Waals surface area (Å²) in [6.45, 7) is 1.06. The summed E-state index contributed by atoms with van der Waals surface area (Å²) >= 11 is 12.8. The number of H-pyrrole nitrogens is 1. The Kier molecular flexibility index (Phi) is 5.79. The lowest BCUT2D eigenvalue weighted by molar-refractivity contribution is 0.147. The molecule has 0 saturated heterocycles. The summed E-state index contributed by atoms with van der Waals surface area (Å²) in [6.07, 6.45) is 6.84. The Morgan fingerprint density at radius 2 is 2.10 bits per heavy atom. The molecule has 1 saturated carbocycles. The second-order valence-electron chi connectivity index (χ2n) is 7.63. The third kappa shape index (κ3) is 4.77. The van der Waals surface area contributed by atoms with E-state index in [2.05, 4.69) is 25.5 Å². The number of allylic oxidation sites excluding steroid dienone is 3. The summed E-state index contributed by atoms with van der Waals surface area (Å²) < 4.78 is 10.6. The van der Waals surface area contributed by atoms with Crippen molar-refractivity contribution in [2.75, 3.05) is 25.6 Å². The monoisotopic (exact) mass is 461 g/mol. The quantitative estimate of drug-likeness (QED) is 0.508. The van der Waals surface area contributed by atoms with Gasteiger partial charge in [-0.1, -0.05) is 23.2 Å². The van der Waals surface area contributed by atoms with Crippen molar-refractivity contribution in [1.82, 2.24) is 20.2 Å². The first-order valence-electron chi connectivity index (χ1n) is 9.63. The number of nitrogens with zero attached hydrogens (tertiary/aromatic N) is 4. The number of anilines is 2. The van der Waals surface area contributed by atoms with Gasteiger partial charge in [-0.05, 0) is 18.9 Å². The molecular formula is C20H21Cl2N7O2. The van der Waals surface area contributed by atoms with Crippen molar-refractivity contribution in [3.05, 3.63) is 47.4 Å².